The minimum absolute atomic E-state index is 0.119. The number of esters is 2. The van der Waals surface area contributed by atoms with Crippen LogP contribution in [0.5, 0.6) is 0 Å². The molecule has 3 unspecified atom stereocenters. The van der Waals surface area contributed by atoms with Crippen molar-refractivity contribution in [3.8, 4) is 0 Å². The molecule has 1 aromatic carbocycles. The Morgan fingerprint density at radius 3 is 2.26 bits per heavy atom. The van der Waals surface area contributed by atoms with Crippen LogP contribution in [-0.4, -0.2) is 145 Å². The van der Waals surface area contributed by atoms with E-state index in [1.54, 1.807) is 37.4 Å². The van der Waals surface area contributed by atoms with Gasteiger partial charge < -0.3 is 48.8 Å². The number of hydrogen-bond acceptors (Lipinski definition) is 13. The van der Waals surface area contributed by atoms with Crippen LogP contribution in [0.15, 0.2) is 30.3 Å². The highest BCUT2D eigenvalue weighted by atomic mass is 16.6. The molecule has 0 aromatic heterocycles. The fourth-order valence-electron chi connectivity index (χ4n) is 12.3. The molecular weight excluding hydrogens is 614 g/mol. The van der Waals surface area contributed by atoms with E-state index in [1.807, 2.05) is 6.92 Å². The van der Waals surface area contributed by atoms with E-state index >= 15 is 0 Å². The number of benzene rings is 1. The van der Waals surface area contributed by atoms with Gasteiger partial charge in [-0.1, -0.05) is 25.1 Å². The normalized spacial score (nSPS) is 50.7. The maximum absolute atomic E-state index is 13.8. The van der Waals surface area contributed by atoms with Gasteiger partial charge in [0.1, 0.15) is 23.9 Å². The average Bonchev–Trinajstić information content (AvgIpc) is 3.39. The van der Waals surface area contributed by atoms with Crippen molar-refractivity contribution in [3.05, 3.63) is 35.9 Å². The SMILES string of the molecule is CCN1C[C@]2(COC)[C@H](O)C[C@H](OC)C34C1C([C@H](OC)[C@@H]32)[C@]1(OC(C)=O)[C@H]2[C@@H](OC(=O)c3ccccc3)[C@@](O)(C[C@@]24O)[C@@H](OC)[C@@H]1O. The van der Waals surface area contributed by atoms with Gasteiger partial charge in [0.05, 0.1) is 42.0 Å². The first kappa shape index (κ1) is 33.3. The van der Waals surface area contributed by atoms with Crippen LogP contribution in [0, 0.1) is 28.6 Å². The number of carbonyl (C=O) groups is 2. The first-order valence-electron chi connectivity index (χ1n) is 16.4. The Bertz CT molecular complexity index is 1410. The lowest BCUT2D eigenvalue weighted by atomic mass is 9.40. The fraction of sp³-hybridized carbons (Fsp3) is 0.765. The van der Waals surface area contributed by atoms with Crippen LogP contribution in [0.25, 0.3) is 0 Å². The fourth-order valence-corrected chi connectivity index (χ4v) is 12.3. The second kappa shape index (κ2) is 10.9. The molecule has 1 aliphatic heterocycles. The second-order valence-electron chi connectivity index (χ2n) is 14.6. The molecule has 6 fully saturated rings. The summed E-state index contributed by atoms with van der Waals surface area (Å²) in [6.45, 7) is 4.15. The number of rotatable bonds is 9. The Balaban J connectivity index is 1.57. The van der Waals surface area contributed by atoms with E-state index < -0.39 is 106 Å². The molecule has 7 bridgehead atoms. The van der Waals surface area contributed by atoms with E-state index in [9.17, 15) is 30.0 Å². The van der Waals surface area contributed by atoms with E-state index in [4.69, 9.17) is 28.4 Å². The van der Waals surface area contributed by atoms with E-state index in [-0.39, 0.29) is 18.6 Å². The molecule has 4 N–H and O–H groups in total. The van der Waals surface area contributed by atoms with Crippen molar-refractivity contribution >= 4 is 11.9 Å². The zero-order chi connectivity index (χ0) is 33.9. The number of piperidine rings is 1. The summed E-state index contributed by atoms with van der Waals surface area (Å²) >= 11 is 0. The molecule has 1 spiro atoms. The first-order valence-corrected chi connectivity index (χ1v) is 16.4. The number of aliphatic hydroxyl groups excluding tert-OH is 2. The van der Waals surface area contributed by atoms with Gasteiger partial charge in [-0.2, -0.15) is 0 Å². The molecule has 260 valence electrons. The van der Waals surface area contributed by atoms with Gasteiger partial charge in [0, 0.05) is 83.5 Å². The van der Waals surface area contributed by atoms with Gasteiger partial charge in [0.15, 0.2) is 5.60 Å². The van der Waals surface area contributed by atoms with Crippen LogP contribution in [0.2, 0.25) is 0 Å². The number of aliphatic hydroxyl groups is 4. The van der Waals surface area contributed by atoms with Gasteiger partial charge in [-0.3, -0.25) is 9.69 Å². The van der Waals surface area contributed by atoms with E-state index in [0.717, 1.165) is 0 Å². The molecule has 1 heterocycles. The average molecular weight is 662 g/mol. The standard InChI is InChI=1S/C34H47NO12/c1-7-35-15-30(16-42-3)19(37)13-20(43-4)33-23(30)22(44-5)21(25(33)35)34(47-17(2)36)24-27(46-29(39)18-11-9-8-10-12-18)31(40,14-32(24,33)41)28(45-6)26(34)38/h8-12,19-28,37-38,40-41H,7,13-16H2,1-6H3/t19-,20+,21?,22+,23-,24+,25?,26+,27-,28+,30+,31+,32-,33?,34+/m1/s1. The third kappa shape index (κ3) is 3.65. The largest absolute Gasteiger partial charge is 0.455 e. The van der Waals surface area contributed by atoms with Gasteiger partial charge in [-0.25, -0.2) is 4.79 Å². The Kier molecular flexibility index (Phi) is 7.72. The van der Waals surface area contributed by atoms with Crippen LogP contribution in [-0.2, 0) is 33.2 Å². The Morgan fingerprint density at radius 1 is 0.979 bits per heavy atom. The lowest BCUT2D eigenvalue weighted by Crippen LogP contribution is -2.85. The minimum Gasteiger partial charge on any atom is -0.455 e. The number of hydrogen-bond donors (Lipinski definition) is 4. The van der Waals surface area contributed by atoms with Gasteiger partial charge >= 0.3 is 11.9 Å². The molecule has 13 heteroatoms. The Morgan fingerprint density at radius 2 is 1.68 bits per heavy atom. The van der Waals surface area contributed by atoms with Crippen molar-refractivity contribution in [1.82, 2.24) is 4.90 Å². The number of nitrogens with zero attached hydrogens (tertiary/aromatic N) is 1. The molecule has 5 saturated carbocycles. The molecule has 5 aliphatic carbocycles. The van der Waals surface area contributed by atoms with Crippen molar-refractivity contribution in [2.45, 2.75) is 86.2 Å². The van der Waals surface area contributed by atoms with E-state index in [1.165, 1.54) is 28.3 Å². The molecular formula is C34H47NO12. The topological polar surface area (TPSA) is 174 Å². The van der Waals surface area contributed by atoms with Crippen molar-refractivity contribution in [2.75, 3.05) is 48.1 Å². The summed E-state index contributed by atoms with van der Waals surface area (Å²) < 4.78 is 36.9. The molecule has 47 heavy (non-hydrogen) atoms. The van der Waals surface area contributed by atoms with Crippen molar-refractivity contribution in [1.29, 1.82) is 0 Å². The summed E-state index contributed by atoms with van der Waals surface area (Å²) in [7, 11) is 5.94. The Hall–Kier alpha value is -2.20. The van der Waals surface area contributed by atoms with Crippen LogP contribution in [0.1, 0.15) is 37.0 Å². The molecule has 13 nitrogen and oxygen atoms in total. The predicted octanol–water partition coefficient (Wildman–Crippen LogP) is -0.237. The summed E-state index contributed by atoms with van der Waals surface area (Å²) in [6.07, 6.45) is -7.38. The van der Waals surface area contributed by atoms with Crippen molar-refractivity contribution in [2.24, 2.45) is 28.6 Å². The second-order valence-corrected chi connectivity index (χ2v) is 14.6. The molecule has 7 rings (SSSR count). The number of ether oxygens (including phenoxy) is 6. The first-order chi connectivity index (χ1) is 22.3. The minimum atomic E-state index is -2.12. The van der Waals surface area contributed by atoms with Gasteiger partial charge in [-0.15, -0.1) is 0 Å². The smallest absolute Gasteiger partial charge is 0.338 e. The maximum Gasteiger partial charge on any atom is 0.338 e. The van der Waals surface area contributed by atoms with Crippen LogP contribution in [0.3, 0.4) is 0 Å². The third-order valence-electron chi connectivity index (χ3n) is 13.2. The highest BCUT2D eigenvalue weighted by molar-refractivity contribution is 5.89. The summed E-state index contributed by atoms with van der Waals surface area (Å²) in [5, 5.41) is 51.1. The maximum atomic E-state index is 13.8. The van der Waals surface area contributed by atoms with E-state index in [2.05, 4.69) is 4.90 Å². The molecule has 6 aliphatic rings. The Labute approximate surface area is 274 Å². The van der Waals surface area contributed by atoms with E-state index in [0.29, 0.717) is 13.1 Å². The quantitative estimate of drug-likeness (QED) is 0.256. The number of methoxy groups -OCH3 is 4. The monoisotopic (exact) mass is 661 g/mol. The summed E-state index contributed by atoms with van der Waals surface area (Å²) in [6, 6.07) is 7.64. The van der Waals surface area contributed by atoms with Crippen LogP contribution < -0.4 is 0 Å². The van der Waals surface area contributed by atoms with Gasteiger partial charge in [0.25, 0.3) is 0 Å². The zero-order valence-corrected chi connectivity index (χ0v) is 27.7. The molecule has 15 atom stereocenters. The van der Waals surface area contributed by atoms with Crippen molar-refractivity contribution in [3.63, 3.8) is 0 Å². The van der Waals surface area contributed by atoms with Gasteiger partial charge in [-0.05, 0) is 18.7 Å². The molecule has 1 aromatic rings. The summed E-state index contributed by atoms with van der Waals surface area (Å²) in [5.74, 6) is -4.34. The number of fused-ring (bicyclic) bond motifs is 2. The molecule has 1 saturated heterocycles. The number of likely N-dealkylation sites (tertiary alicyclic amines) is 1. The molecule has 0 amide bonds. The van der Waals surface area contributed by atoms with Crippen LogP contribution >= 0.6 is 0 Å². The summed E-state index contributed by atoms with van der Waals surface area (Å²) in [4.78, 5) is 29.2. The lowest BCUT2D eigenvalue weighted by molar-refractivity contribution is -0.355. The zero-order valence-electron chi connectivity index (χ0n) is 27.7. The predicted molar refractivity (Wildman–Crippen MR) is 162 cm³/mol. The third-order valence-corrected chi connectivity index (χ3v) is 13.2. The van der Waals surface area contributed by atoms with Crippen LogP contribution in [0.4, 0.5) is 0 Å². The van der Waals surface area contributed by atoms with Crippen molar-refractivity contribution < 1.29 is 58.4 Å². The lowest BCUT2D eigenvalue weighted by Gasteiger charge is -2.72. The summed E-state index contributed by atoms with van der Waals surface area (Å²) in [5.41, 5.74) is -8.15. The van der Waals surface area contributed by atoms with Gasteiger partial charge in [0.2, 0.25) is 0 Å². The number of carbonyl (C=O) groups excluding carboxylic acids is 2. The molecule has 0 radical (unpaired) electrons. The highest BCUT2D eigenvalue weighted by Crippen LogP contribution is 2.81. The highest BCUT2D eigenvalue weighted by Gasteiger charge is 2.96.